The minimum absolute atomic E-state index is 0.198. The maximum absolute atomic E-state index is 13.7. The maximum Gasteiger partial charge on any atom is 0.407 e. The average Bonchev–Trinajstić information content (AvgIpc) is 1.68. The standard InChI is InChI=1S/2C35H47N7O5S.C30H35N7O3S/c2*1-33(2,3)27-15-13-24-30(39-27)42-21-23(19-35(42,7)8)12-14-25(38-28-10-9-11-29(40-28)48(45,46)41-31(24)43)26-18-22(16-17-36-26)20-37-32(44)47-34(4,5)6;1-29(2,3)24-12-10-21-27(34-24)37-18-20(16-30(37,4)5)9-11-22(23-15-19(17-31)13-14-32-23)33-25-7-6-8-26(35-25)41(39,40)36-28(21)38/h2*9-11,13,15-18,23,25H,12,14,19-21H2,1-8H3,(H,37,44)(H,38,40)(H,41,43);6-8,10,12-15,20,22H,9,11,16,18H2,1-5H3,(H,33,35)(H,36,38)/t2*23-,25?;20-,22?/m000/s1. The van der Waals surface area contributed by atoms with Gasteiger partial charge >= 0.3 is 12.2 Å². The van der Waals surface area contributed by atoms with E-state index >= 15 is 0 Å². The fourth-order valence-electron chi connectivity index (χ4n) is 18.1. The van der Waals surface area contributed by atoms with E-state index in [2.05, 4.69) is 195 Å². The number of rotatable bonds is 7. The molecule has 6 aliphatic heterocycles. The van der Waals surface area contributed by atoms with E-state index in [0.717, 1.165) is 78.1 Å². The summed E-state index contributed by atoms with van der Waals surface area (Å²) in [5.41, 5.74) is 4.21. The molecule has 9 aromatic rings. The number of carbonyl (C=O) groups is 5. The molecular weight excluding hydrogens is 1800 g/mol. The van der Waals surface area contributed by atoms with Gasteiger partial charge in [0, 0.05) is 101 Å². The molecule has 37 heteroatoms. The van der Waals surface area contributed by atoms with Crippen molar-refractivity contribution in [1.29, 1.82) is 5.26 Å². The third-order valence-electron chi connectivity index (χ3n) is 24.9. The van der Waals surface area contributed by atoms with Crippen molar-refractivity contribution in [1.82, 2.24) is 69.7 Å². The van der Waals surface area contributed by atoms with Crippen molar-refractivity contribution in [3.8, 4) is 6.07 Å². The molecule has 3 saturated heterocycles. The number of sulfonamides is 3. The molecule has 12 bridgehead atoms. The number of ether oxygens (including phenoxy) is 2. The van der Waals surface area contributed by atoms with Crippen LogP contribution in [0.3, 0.4) is 0 Å². The quantitative estimate of drug-likeness (QED) is 0.0734. The number of pyridine rings is 9. The van der Waals surface area contributed by atoms with Crippen LogP contribution < -0.4 is 55.4 Å². The summed E-state index contributed by atoms with van der Waals surface area (Å²) in [6, 6.07) is 36.3. The van der Waals surface area contributed by atoms with Crippen molar-refractivity contribution in [2.75, 3.05) is 50.3 Å². The second-order valence-electron chi connectivity index (χ2n) is 43.1. The Labute approximate surface area is 804 Å². The summed E-state index contributed by atoms with van der Waals surface area (Å²) < 4.78 is 98.3. The molecule has 0 aromatic carbocycles. The van der Waals surface area contributed by atoms with Crippen LogP contribution in [0.1, 0.15) is 303 Å². The molecule has 15 rings (SSSR count). The predicted octanol–water partition coefficient (Wildman–Crippen LogP) is 16.4. The summed E-state index contributed by atoms with van der Waals surface area (Å²) >= 11 is 0. The summed E-state index contributed by atoms with van der Waals surface area (Å²) in [6.45, 7) is 44.6. The zero-order valence-electron chi connectivity index (χ0n) is 82.1. The highest BCUT2D eigenvalue weighted by Gasteiger charge is 2.46. The molecule has 3 unspecified atom stereocenters. The molecule has 6 atom stereocenters. The fraction of sp³-hybridized carbons (Fsp3) is 0.490. The van der Waals surface area contributed by atoms with E-state index in [4.69, 9.17) is 24.4 Å². The van der Waals surface area contributed by atoms with E-state index in [1.54, 1.807) is 104 Å². The van der Waals surface area contributed by atoms with Crippen LogP contribution >= 0.6 is 0 Å². The molecule has 137 heavy (non-hydrogen) atoms. The summed E-state index contributed by atoms with van der Waals surface area (Å²) in [5.74, 6) is 0.927. The van der Waals surface area contributed by atoms with Crippen LogP contribution in [0.15, 0.2) is 161 Å². The smallest absolute Gasteiger partial charge is 0.407 e. The van der Waals surface area contributed by atoms with Crippen LogP contribution in [0, 0.1) is 29.1 Å². The van der Waals surface area contributed by atoms with E-state index in [0.29, 0.717) is 85.1 Å². The zero-order valence-corrected chi connectivity index (χ0v) is 84.5. The summed E-state index contributed by atoms with van der Waals surface area (Å²) in [4.78, 5) is 114. The van der Waals surface area contributed by atoms with Gasteiger partial charge in [0.05, 0.1) is 63.5 Å². The van der Waals surface area contributed by atoms with Crippen LogP contribution in [0.5, 0.6) is 0 Å². The van der Waals surface area contributed by atoms with Crippen molar-refractivity contribution < 1.29 is 58.7 Å². The Hall–Kier alpha value is -12.6. The maximum atomic E-state index is 13.7. The van der Waals surface area contributed by atoms with Gasteiger partial charge in [-0.15, -0.1) is 0 Å². The third kappa shape index (κ3) is 25.5. The minimum Gasteiger partial charge on any atom is -0.444 e. The lowest BCUT2D eigenvalue weighted by molar-refractivity contribution is 0.0512. The SMILES string of the molecule is CC(C)(C)OC(=O)NCc1ccnc(C2CC[C@@H]3CN(c4nc(C(C)(C)C)ccc4C(=O)NS(=O)(=O)c4cccc(n4)N2)C(C)(C)C3)c1.CC(C)(C)OC(=O)NCc1ccnc(C2CC[C@@H]3CN(c4nc(C(C)(C)C)ccc4C(=O)NS(=O)(=O)c4cccc(n4)N2)C(C)(C)C3)c1.CC(C)(C)c1ccc2c(n1)N1C[C@@H](CCC(c3cc(C#N)ccn3)Nc3cccc(n3)S(=O)(=O)NC2=O)CC1(C)C. The number of carbonyl (C=O) groups excluding carboxylic acids is 5. The number of nitriles is 1. The lowest BCUT2D eigenvalue weighted by Gasteiger charge is -2.34. The number of nitrogens with zero attached hydrogens (tertiary/aromatic N) is 13. The second-order valence-corrected chi connectivity index (χ2v) is 48.0. The lowest BCUT2D eigenvalue weighted by Crippen LogP contribution is -2.41. The van der Waals surface area contributed by atoms with Crippen LogP contribution in [0.4, 0.5) is 44.5 Å². The van der Waals surface area contributed by atoms with Crippen molar-refractivity contribution in [3.05, 3.63) is 214 Å². The molecule has 34 nitrogen and oxygen atoms in total. The summed E-state index contributed by atoms with van der Waals surface area (Å²) in [7, 11) is -13.0. The highest BCUT2D eigenvalue weighted by atomic mass is 32.2. The number of aromatic nitrogens is 9. The molecule has 9 aromatic heterocycles. The topological polar surface area (TPSA) is 452 Å². The van der Waals surface area contributed by atoms with Crippen molar-refractivity contribution in [3.63, 3.8) is 0 Å². The van der Waals surface area contributed by atoms with Crippen LogP contribution in [0.2, 0.25) is 0 Å². The van der Waals surface area contributed by atoms with Gasteiger partial charge in [0.1, 0.15) is 46.1 Å². The Morgan fingerprint density at radius 3 is 0.985 bits per heavy atom. The number of hydrogen-bond donors (Lipinski definition) is 8. The van der Waals surface area contributed by atoms with Gasteiger partial charge in [-0.25, -0.2) is 53.7 Å². The predicted molar refractivity (Wildman–Crippen MR) is 524 cm³/mol. The Kier molecular flexibility index (Phi) is 29.4. The molecule has 0 radical (unpaired) electrons. The van der Waals surface area contributed by atoms with E-state index in [1.165, 1.54) is 18.2 Å². The lowest BCUT2D eigenvalue weighted by atomic mass is 9.90. The molecule has 3 fully saturated rings. The molecule has 730 valence electrons. The highest BCUT2D eigenvalue weighted by molar-refractivity contribution is 7.90. The Bertz CT molecular complexity index is 6190. The van der Waals surface area contributed by atoms with Crippen LogP contribution in [-0.4, -0.2) is 147 Å². The summed E-state index contributed by atoms with van der Waals surface area (Å²) in [5, 5.41) is 24.3. The second kappa shape index (κ2) is 39.5. The first-order valence-electron chi connectivity index (χ1n) is 46.4. The first-order valence-corrected chi connectivity index (χ1v) is 50.8. The summed E-state index contributed by atoms with van der Waals surface area (Å²) in [6.07, 6.45) is 11.0. The molecule has 5 amide bonds. The van der Waals surface area contributed by atoms with Gasteiger partial charge in [-0.3, -0.25) is 29.3 Å². The Balaban J connectivity index is 0.000000174. The van der Waals surface area contributed by atoms with Gasteiger partial charge in [-0.05, 0) is 279 Å². The largest absolute Gasteiger partial charge is 0.444 e. The number of anilines is 6. The van der Waals surface area contributed by atoms with E-state index in [-0.39, 0.29) is 114 Å². The third-order valence-corrected chi connectivity index (χ3v) is 28.6. The van der Waals surface area contributed by atoms with E-state index in [1.807, 2.05) is 65.8 Å². The van der Waals surface area contributed by atoms with Crippen LogP contribution in [-0.2, 0) is 68.9 Å². The number of fused-ring (bicyclic) bond motifs is 18. The molecule has 8 N–H and O–H groups in total. The van der Waals surface area contributed by atoms with E-state index < -0.39 is 71.2 Å². The average molecular weight is 1930 g/mol. The molecule has 0 spiro atoms. The number of amides is 5. The zero-order chi connectivity index (χ0) is 99.7. The number of alkyl carbamates (subject to hydrolysis) is 2. The normalized spacial score (nSPS) is 21.1. The molecule has 0 aliphatic carbocycles. The van der Waals surface area contributed by atoms with Gasteiger partial charge < -0.3 is 50.8 Å². The Morgan fingerprint density at radius 1 is 0.409 bits per heavy atom. The highest BCUT2D eigenvalue weighted by Crippen LogP contribution is 2.46. The van der Waals surface area contributed by atoms with Crippen molar-refractivity contribution >= 4 is 94.9 Å². The van der Waals surface area contributed by atoms with E-state index in [9.17, 15) is 54.5 Å². The van der Waals surface area contributed by atoms with Crippen LogP contribution in [0.25, 0.3) is 0 Å². The minimum atomic E-state index is -4.33. The van der Waals surface area contributed by atoms with Gasteiger partial charge in [0.25, 0.3) is 47.8 Å². The fourth-order valence-corrected chi connectivity index (χ4v) is 20.9. The first kappa shape index (κ1) is 102. The molecule has 6 aliphatic rings. The molecular formula is C100H129N21O13S3. The first-order chi connectivity index (χ1) is 63.9. The monoisotopic (exact) mass is 1930 g/mol. The van der Waals surface area contributed by atoms with Gasteiger partial charge in [0.2, 0.25) is 0 Å². The Morgan fingerprint density at radius 2 is 0.701 bits per heavy atom. The van der Waals surface area contributed by atoms with Crippen molar-refractivity contribution in [2.45, 2.75) is 294 Å². The van der Waals surface area contributed by atoms with Crippen molar-refractivity contribution in [2.24, 2.45) is 17.8 Å². The number of hydrogen-bond acceptors (Lipinski definition) is 29. The van der Waals surface area contributed by atoms with Gasteiger partial charge in [-0.1, -0.05) is 80.5 Å². The molecule has 0 saturated carbocycles. The van der Waals surface area contributed by atoms with Gasteiger partial charge in [0.15, 0.2) is 15.1 Å². The number of nitrogens with one attached hydrogen (secondary N) is 8. The molecule has 15 heterocycles. The van der Waals surface area contributed by atoms with Gasteiger partial charge in [-0.2, -0.15) is 30.5 Å².